The predicted molar refractivity (Wildman–Crippen MR) is 62.8 cm³/mol. The summed E-state index contributed by atoms with van der Waals surface area (Å²) in [5.41, 5.74) is -3.58. The average molecular weight is 292 g/mol. The third-order valence-corrected chi connectivity index (χ3v) is 3.53. The Balaban J connectivity index is 4.18. The summed E-state index contributed by atoms with van der Waals surface area (Å²) in [6, 6.07) is 0. The molecule has 0 spiro atoms. The first-order chi connectivity index (χ1) is 8.56. The van der Waals surface area contributed by atoms with Crippen LogP contribution in [0.5, 0.6) is 0 Å². The largest absolute Gasteiger partial charge is 0.402 e. The van der Waals surface area contributed by atoms with Crippen molar-refractivity contribution in [1.82, 2.24) is 0 Å². The van der Waals surface area contributed by atoms with Gasteiger partial charge in [0, 0.05) is 0 Å². The van der Waals surface area contributed by atoms with E-state index in [1.54, 1.807) is 0 Å². The van der Waals surface area contributed by atoms with E-state index in [0.29, 0.717) is 12.8 Å². The Morgan fingerprint density at radius 3 is 1.37 bits per heavy atom. The molecule has 0 rings (SSSR count). The van der Waals surface area contributed by atoms with Gasteiger partial charge < -0.3 is 0 Å². The zero-order chi connectivity index (χ0) is 15.2. The molecule has 0 atom stereocenters. The standard InChI is InChI=1S/C13H22F6/c1-3-4-5-6-7-8-9-10-11(2,12(14,15)16)13(17,18)19/h3-10H2,1-2H3. The maximum atomic E-state index is 12.6. The second kappa shape index (κ2) is 7.39. The molecule has 0 amide bonds. The zero-order valence-electron chi connectivity index (χ0n) is 11.4. The molecule has 0 aliphatic rings. The summed E-state index contributed by atoms with van der Waals surface area (Å²) >= 11 is 0. The van der Waals surface area contributed by atoms with E-state index in [9.17, 15) is 26.3 Å². The molecule has 0 aromatic heterocycles. The van der Waals surface area contributed by atoms with E-state index in [0.717, 1.165) is 25.7 Å². The minimum Gasteiger partial charge on any atom is -0.170 e. The van der Waals surface area contributed by atoms with Gasteiger partial charge in [-0.15, -0.1) is 0 Å². The summed E-state index contributed by atoms with van der Waals surface area (Å²) in [5, 5.41) is 0. The summed E-state index contributed by atoms with van der Waals surface area (Å²) in [7, 11) is 0. The fraction of sp³-hybridized carbons (Fsp3) is 1.00. The molecule has 0 N–H and O–H groups in total. The minimum absolute atomic E-state index is 0.0400. The van der Waals surface area contributed by atoms with Crippen molar-refractivity contribution in [1.29, 1.82) is 0 Å². The topological polar surface area (TPSA) is 0 Å². The van der Waals surface area contributed by atoms with Gasteiger partial charge in [-0.1, -0.05) is 51.9 Å². The summed E-state index contributed by atoms with van der Waals surface area (Å²) < 4.78 is 75.3. The van der Waals surface area contributed by atoms with Gasteiger partial charge in [0.1, 0.15) is 0 Å². The second-order valence-electron chi connectivity index (χ2n) is 5.20. The first-order valence-corrected chi connectivity index (χ1v) is 6.69. The SMILES string of the molecule is CCCCCCCCCC(C)(C(F)(F)F)C(F)(F)F. The summed E-state index contributed by atoms with van der Waals surface area (Å²) in [4.78, 5) is 0. The highest BCUT2D eigenvalue weighted by molar-refractivity contribution is 4.89. The molecular formula is C13H22F6. The lowest BCUT2D eigenvalue weighted by molar-refractivity contribution is -0.336. The first-order valence-electron chi connectivity index (χ1n) is 6.69. The number of hydrogen-bond acceptors (Lipinski definition) is 0. The van der Waals surface area contributed by atoms with E-state index in [2.05, 4.69) is 0 Å². The van der Waals surface area contributed by atoms with Gasteiger partial charge in [0.15, 0.2) is 5.41 Å². The van der Waals surface area contributed by atoms with Crippen LogP contribution in [0.3, 0.4) is 0 Å². The fourth-order valence-corrected chi connectivity index (χ4v) is 1.88. The molecule has 0 saturated heterocycles. The Morgan fingerprint density at radius 2 is 1.00 bits per heavy atom. The van der Waals surface area contributed by atoms with E-state index < -0.39 is 24.2 Å². The van der Waals surface area contributed by atoms with Gasteiger partial charge in [0.2, 0.25) is 0 Å². The Morgan fingerprint density at radius 1 is 0.632 bits per heavy atom. The number of unbranched alkanes of at least 4 members (excludes halogenated alkanes) is 6. The molecule has 0 fully saturated rings. The van der Waals surface area contributed by atoms with Crippen molar-refractivity contribution < 1.29 is 26.3 Å². The van der Waals surface area contributed by atoms with Crippen molar-refractivity contribution in [2.24, 2.45) is 5.41 Å². The molecular weight excluding hydrogens is 270 g/mol. The normalized spacial score (nSPS) is 13.9. The number of halogens is 6. The Labute approximate surface area is 110 Å². The highest BCUT2D eigenvalue weighted by Gasteiger charge is 2.66. The predicted octanol–water partition coefficient (Wildman–Crippen LogP) is 6.26. The van der Waals surface area contributed by atoms with Crippen molar-refractivity contribution in [3.63, 3.8) is 0 Å². The molecule has 116 valence electrons. The molecule has 0 aromatic rings. The molecule has 0 saturated carbocycles. The third kappa shape index (κ3) is 5.61. The molecule has 0 radical (unpaired) electrons. The van der Waals surface area contributed by atoms with Crippen LogP contribution in [0, 0.1) is 5.41 Å². The molecule has 6 heteroatoms. The monoisotopic (exact) mass is 292 g/mol. The van der Waals surface area contributed by atoms with Crippen molar-refractivity contribution in [2.75, 3.05) is 0 Å². The molecule has 19 heavy (non-hydrogen) atoms. The smallest absolute Gasteiger partial charge is 0.170 e. The van der Waals surface area contributed by atoms with E-state index >= 15 is 0 Å². The number of hydrogen-bond donors (Lipinski definition) is 0. The van der Waals surface area contributed by atoms with Gasteiger partial charge in [0.25, 0.3) is 0 Å². The van der Waals surface area contributed by atoms with Crippen LogP contribution in [0.4, 0.5) is 26.3 Å². The lowest BCUT2D eigenvalue weighted by Gasteiger charge is -2.34. The van der Waals surface area contributed by atoms with E-state index in [-0.39, 0.29) is 13.3 Å². The first kappa shape index (κ1) is 18.6. The van der Waals surface area contributed by atoms with Gasteiger partial charge >= 0.3 is 12.4 Å². The highest BCUT2D eigenvalue weighted by Crippen LogP contribution is 2.53. The van der Waals surface area contributed by atoms with Gasteiger partial charge in [-0.3, -0.25) is 0 Å². The minimum atomic E-state index is -5.24. The van der Waals surface area contributed by atoms with Crippen LogP contribution in [0.1, 0.15) is 65.2 Å². The van der Waals surface area contributed by atoms with Crippen LogP contribution in [0.2, 0.25) is 0 Å². The summed E-state index contributed by atoms with van der Waals surface area (Å²) in [6.07, 6.45) is -6.30. The van der Waals surface area contributed by atoms with Gasteiger partial charge in [-0.05, 0) is 13.3 Å². The van der Waals surface area contributed by atoms with Crippen LogP contribution in [0.25, 0.3) is 0 Å². The Kier molecular flexibility index (Phi) is 7.22. The van der Waals surface area contributed by atoms with Crippen molar-refractivity contribution in [3.8, 4) is 0 Å². The van der Waals surface area contributed by atoms with Gasteiger partial charge in [0.05, 0.1) is 0 Å². The number of alkyl halides is 6. The van der Waals surface area contributed by atoms with Gasteiger partial charge in [-0.25, -0.2) is 0 Å². The van der Waals surface area contributed by atoms with Crippen molar-refractivity contribution >= 4 is 0 Å². The van der Waals surface area contributed by atoms with Crippen LogP contribution in [0.15, 0.2) is 0 Å². The maximum absolute atomic E-state index is 12.6. The third-order valence-electron chi connectivity index (χ3n) is 3.53. The number of rotatable bonds is 8. The summed E-state index contributed by atoms with van der Waals surface area (Å²) in [6.45, 7) is 2.29. The molecule has 0 aliphatic heterocycles. The fourth-order valence-electron chi connectivity index (χ4n) is 1.88. The molecule has 0 unspecified atom stereocenters. The quantitative estimate of drug-likeness (QED) is 0.366. The molecule has 0 aromatic carbocycles. The van der Waals surface area contributed by atoms with E-state index in [1.165, 1.54) is 0 Å². The van der Waals surface area contributed by atoms with E-state index in [1.807, 2.05) is 6.92 Å². The van der Waals surface area contributed by atoms with Crippen molar-refractivity contribution in [3.05, 3.63) is 0 Å². The average Bonchev–Trinajstić information content (AvgIpc) is 2.24. The van der Waals surface area contributed by atoms with Gasteiger partial charge in [-0.2, -0.15) is 26.3 Å². The second-order valence-corrected chi connectivity index (χ2v) is 5.20. The Hall–Kier alpha value is -0.420. The molecule has 0 bridgehead atoms. The Bertz CT molecular complexity index is 226. The lowest BCUT2D eigenvalue weighted by Crippen LogP contribution is -2.47. The van der Waals surface area contributed by atoms with Crippen LogP contribution in [-0.2, 0) is 0 Å². The lowest BCUT2D eigenvalue weighted by atomic mass is 9.83. The molecule has 0 nitrogen and oxygen atoms in total. The zero-order valence-corrected chi connectivity index (χ0v) is 11.4. The van der Waals surface area contributed by atoms with Crippen LogP contribution in [-0.4, -0.2) is 12.4 Å². The molecule has 0 aliphatic carbocycles. The summed E-state index contributed by atoms with van der Waals surface area (Å²) in [5.74, 6) is 0. The van der Waals surface area contributed by atoms with Crippen molar-refractivity contribution in [2.45, 2.75) is 77.6 Å². The van der Waals surface area contributed by atoms with Crippen LogP contribution < -0.4 is 0 Å². The highest BCUT2D eigenvalue weighted by atomic mass is 19.4. The van der Waals surface area contributed by atoms with Crippen LogP contribution >= 0.6 is 0 Å². The van der Waals surface area contributed by atoms with E-state index in [4.69, 9.17) is 0 Å². The molecule has 0 heterocycles. The maximum Gasteiger partial charge on any atom is 0.402 e.